The molecular weight excluding hydrogens is 348 g/mol. The third-order valence-electron chi connectivity index (χ3n) is 4.09. The summed E-state index contributed by atoms with van der Waals surface area (Å²) in [7, 11) is 0. The van der Waals surface area contributed by atoms with Crippen LogP contribution in [0.5, 0.6) is 5.75 Å². The maximum absolute atomic E-state index is 13.4. The first-order chi connectivity index (χ1) is 12.3. The average molecular weight is 362 g/mol. The van der Waals surface area contributed by atoms with Crippen LogP contribution in [0.4, 0.5) is 17.6 Å². The van der Waals surface area contributed by atoms with Crippen molar-refractivity contribution in [3.05, 3.63) is 65.1 Å². The van der Waals surface area contributed by atoms with Crippen molar-refractivity contribution in [2.75, 3.05) is 6.61 Å². The Hall–Kier alpha value is -3.01. The fourth-order valence-corrected chi connectivity index (χ4v) is 2.95. The number of rotatable bonds is 4. The van der Waals surface area contributed by atoms with Crippen LogP contribution in [0.25, 0.3) is 10.9 Å². The van der Waals surface area contributed by atoms with Crippen molar-refractivity contribution in [3.8, 4) is 11.8 Å². The highest BCUT2D eigenvalue weighted by atomic mass is 19.4. The molecule has 3 rings (SSSR count). The monoisotopic (exact) mass is 362 g/mol. The van der Waals surface area contributed by atoms with Crippen LogP contribution in [0, 0.1) is 24.1 Å². The summed E-state index contributed by atoms with van der Waals surface area (Å²) in [5, 5.41) is 9.00. The lowest BCUT2D eigenvalue weighted by molar-refractivity contribution is -0.136. The number of hydrogen-bond donors (Lipinski definition) is 0. The molecule has 7 heteroatoms. The molecule has 3 aromatic rings. The van der Waals surface area contributed by atoms with Gasteiger partial charge in [-0.25, -0.2) is 4.39 Å². The van der Waals surface area contributed by atoms with E-state index in [4.69, 9.17) is 10.00 Å². The van der Waals surface area contributed by atoms with E-state index in [9.17, 15) is 17.6 Å². The molecular formula is C19H14F4N2O. The second-order valence-corrected chi connectivity index (χ2v) is 5.77. The number of hydrogen-bond acceptors (Lipinski definition) is 2. The van der Waals surface area contributed by atoms with Gasteiger partial charge in [0.05, 0.1) is 23.7 Å². The first kappa shape index (κ1) is 17.8. The summed E-state index contributed by atoms with van der Waals surface area (Å²) in [5.41, 5.74) is -0.302. The molecule has 0 fully saturated rings. The quantitative estimate of drug-likeness (QED) is 0.609. The van der Waals surface area contributed by atoms with Crippen molar-refractivity contribution in [1.82, 2.24) is 4.57 Å². The molecule has 0 radical (unpaired) electrons. The molecule has 0 amide bonds. The lowest BCUT2D eigenvalue weighted by Crippen LogP contribution is -2.11. The lowest BCUT2D eigenvalue weighted by atomic mass is 10.0. The topological polar surface area (TPSA) is 38.0 Å². The van der Waals surface area contributed by atoms with Gasteiger partial charge in [0.15, 0.2) is 0 Å². The summed E-state index contributed by atoms with van der Waals surface area (Å²) in [6, 6.07) is 11.2. The summed E-state index contributed by atoms with van der Waals surface area (Å²) in [6.07, 6.45) is -4.62. The molecule has 0 aliphatic heterocycles. The molecule has 0 atom stereocenters. The van der Waals surface area contributed by atoms with Crippen molar-refractivity contribution >= 4 is 10.9 Å². The fraction of sp³-hybridized carbons (Fsp3) is 0.211. The van der Waals surface area contributed by atoms with Gasteiger partial charge in [0.25, 0.3) is 0 Å². The van der Waals surface area contributed by atoms with Crippen molar-refractivity contribution in [3.63, 3.8) is 0 Å². The van der Waals surface area contributed by atoms with E-state index in [1.54, 1.807) is 17.6 Å². The standard InChI is InChI=1S/C19H14F4N2O/c1-12-10-16-17(7-2-13(11-24)18(16)19(21,22)23)25(12)8-9-26-15-5-3-14(20)4-6-15/h2-7,10H,8-9H2,1H3. The Morgan fingerprint density at radius 3 is 2.42 bits per heavy atom. The van der Waals surface area contributed by atoms with E-state index in [1.165, 1.54) is 42.5 Å². The summed E-state index contributed by atoms with van der Waals surface area (Å²) in [6.45, 7) is 2.22. The maximum Gasteiger partial charge on any atom is 0.418 e. The van der Waals surface area contributed by atoms with Crippen LogP contribution in [-0.4, -0.2) is 11.2 Å². The number of benzene rings is 2. The van der Waals surface area contributed by atoms with Crippen LogP contribution in [0.15, 0.2) is 42.5 Å². The predicted octanol–water partition coefficient (Wildman–Crippen LogP) is 5.06. The Balaban J connectivity index is 1.91. The van der Waals surface area contributed by atoms with Gasteiger partial charge < -0.3 is 9.30 Å². The van der Waals surface area contributed by atoms with Gasteiger partial charge in [-0.2, -0.15) is 18.4 Å². The highest BCUT2D eigenvalue weighted by molar-refractivity contribution is 5.87. The second kappa shape index (κ2) is 6.71. The molecule has 0 spiro atoms. The van der Waals surface area contributed by atoms with Gasteiger partial charge in [0, 0.05) is 16.6 Å². The normalized spacial score (nSPS) is 11.5. The van der Waals surface area contributed by atoms with E-state index in [0.29, 0.717) is 23.5 Å². The number of aryl methyl sites for hydroxylation is 1. The zero-order valence-electron chi connectivity index (χ0n) is 13.8. The van der Waals surface area contributed by atoms with Crippen LogP contribution in [0.3, 0.4) is 0 Å². The van der Waals surface area contributed by atoms with Crippen molar-refractivity contribution in [2.24, 2.45) is 0 Å². The number of fused-ring (bicyclic) bond motifs is 1. The molecule has 3 nitrogen and oxygen atoms in total. The van der Waals surface area contributed by atoms with E-state index < -0.39 is 17.3 Å². The van der Waals surface area contributed by atoms with Crippen LogP contribution in [0.2, 0.25) is 0 Å². The van der Waals surface area contributed by atoms with E-state index in [-0.39, 0.29) is 17.8 Å². The Morgan fingerprint density at radius 2 is 1.81 bits per heavy atom. The molecule has 2 aromatic carbocycles. The van der Waals surface area contributed by atoms with Gasteiger partial charge in [-0.3, -0.25) is 0 Å². The molecule has 134 valence electrons. The Bertz CT molecular complexity index is 982. The maximum atomic E-state index is 13.4. The van der Waals surface area contributed by atoms with Crippen LogP contribution in [0.1, 0.15) is 16.8 Å². The van der Waals surface area contributed by atoms with Gasteiger partial charge in [-0.1, -0.05) is 0 Å². The van der Waals surface area contributed by atoms with E-state index in [2.05, 4.69) is 0 Å². The predicted molar refractivity (Wildman–Crippen MR) is 88.3 cm³/mol. The number of alkyl halides is 3. The van der Waals surface area contributed by atoms with Crippen LogP contribution in [-0.2, 0) is 12.7 Å². The molecule has 0 N–H and O–H groups in total. The Labute approximate surface area is 147 Å². The molecule has 0 saturated heterocycles. The minimum absolute atomic E-state index is 0.00386. The molecule has 0 saturated carbocycles. The first-order valence-electron chi connectivity index (χ1n) is 7.80. The van der Waals surface area contributed by atoms with E-state index in [0.717, 1.165) is 0 Å². The van der Waals surface area contributed by atoms with Crippen molar-refractivity contribution < 1.29 is 22.3 Å². The van der Waals surface area contributed by atoms with E-state index in [1.807, 2.05) is 0 Å². The third kappa shape index (κ3) is 3.36. The summed E-state index contributed by atoms with van der Waals surface area (Å²) >= 11 is 0. The number of aromatic nitrogens is 1. The molecule has 0 bridgehead atoms. The van der Waals surface area contributed by atoms with Gasteiger partial charge in [-0.15, -0.1) is 0 Å². The molecule has 0 aliphatic rings. The summed E-state index contributed by atoms with van der Waals surface area (Å²) in [4.78, 5) is 0. The fourth-order valence-electron chi connectivity index (χ4n) is 2.95. The molecule has 0 aliphatic carbocycles. The first-order valence-corrected chi connectivity index (χ1v) is 7.80. The summed E-state index contributed by atoms with van der Waals surface area (Å²) in [5.74, 6) is 0.0980. The number of halogens is 4. The second-order valence-electron chi connectivity index (χ2n) is 5.77. The average Bonchev–Trinajstić information content (AvgIpc) is 2.90. The largest absolute Gasteiger partial charge is 0.492 e. The van der Waals surface area contributed by atoms with Gasteiger partial charge in [-0.05, 0) is 49.4 Å². The van der Waals surface area contributed by atoms with Gasteiger partial charge in [0.2, 0.25) is 0 Å². The molecule has 1 heterocycles. The summed E-state index contributed by atoms with van der Waals surface area (Å²) < 4.78 is 60.3. The molecule has 0 unspecified atom stereocenters. The number of ether oxygens (including phenoxy) is 1. The Kier molecular flexibility index (Phi) is 4.60. The zero-order valence-corrected chi connectivity index (χ0v) is 13.8. The SMILES string of the molecule is Cc1cc2c(C(F)(F)F)c(C#N)ccc2n1CCOc1ccc(F)cc1. The number of nitriles is 1. The highest BCUT2D eigenvalue weighted by Crippen LogP contribution is 2.38. The minimum Gasteiger partial charge on any atom is -0.492 e. The number of nitrogens with zero attached hydrogens (tertiary/aromatic N) is 2. The van der Waals surface area contributed by atoms with Gasteiger partial charge >= 0.3 is 6.18 Å². The highest BCUT2D eigenvalue weighted by Gasteiger charge is 2.36. The third-order valence-corrected chi connectivity index (χ3v) is 4.09. The van der Waals surface area contributed by atoms with Crippen molar-refractivity contribution in [1.29, 1.82) is 5.26 Å². The van der Waals surface area contributed by atoms with Crippen LogP contribution < -0.4 is 4.74 Å². The van der Waals surface area contributed by atoms with Crippen LogP contribution >= 0.6 is 0 Å². The van der Waals surface area contributed by atoms with E-state index >= 15 is 0 Å². The zero-order chi connectivity index (χ0) is 18.9. The van der Waals surface area contributed by atoms with Crippen molar-refractivity contribution in [2.45, 2.75) is 19.6 Å². The molecule has 1 aromatic heterocycles. The van der Waals surface area contributed by atoms with Gasteiger partial charge in [0.1, 0.15) is 18.2 Å². The molecule has 26 heavy (non-hydrogen) atoms. The Morgan fingerprint density at radius 1 is 1.12 bits per heavy atom. The lowest BCUT2D eigenvalue weighted by Gasteiger charge is -2.12. The minimum atomic E-state index is -4.62. The smallest absolute Gasteiger partial charge is 0.418 e.